The molecule has 1 heterocycles. The number of ether oxygens (including phenoxy) is 1. The minimum Gasteiger partial charge on any atom is -0.465 e. The van der Waals surface area contributed by atoms with Gasteiger partial charge in [-0.25, -0.2) is 0 Å². The normalized spacial score (nSPS) is 40.2. The van der Waals surface area contributed by atoms with Crippen LogP contribution in [0.2, 0.25) is 0 Å². The molecule has 3 atom stereocenters. The summed E-state index contributed by atoms with van der Waals surface area (Å²) >= 11 is 0. The Hall–Kier alpha value is -0.570. The Morgan fingerprint density at radius 1 is 1.69 bits per heavy atom. The zero-order valence-corrected chi connectivity index (χ0v) is 8.54. The first-order chi connectivity index (χ1) is 6.02. The zero-order valence-electron chi connectivity index (χ0n) is 8.54. The lowest BCUT2D eigenvalue weighted by molar-refractivity contribution is -0.181. The van der Waals surface area contributed by atoms with Crippen molar-refractivity contribution in [2.24, 2.45) is 11.3 Å². The summed E-state index contributed by atoms with van der Waals surface area (Å²) in [5.41, 5.74) is -0.688. The summed E-state index contributed by atoms with van der Waals surface area (Å²) in [7, 11) is 0. The van der Waals surface area contributed by atoms with E-state index in [4.69, 9.17) is 4.74 Å². The first-order valence-corrected chi connectivity index (χ1v) is 4.87. The van der Waals surface area contributed by atoms with Crippen molar-refractivity contribution in [1.82, 2.24) is 0 Å². The van der Waals surface area contributed by atoms with Crippen molar-refractivity contribution >= 4 is 5.97 Å². The molecule has 1 N–H and O–H groups in total. The van der Waals surface area contributed by atoms with Gasteiger partial charge in [0.2, 0.25) is 0 Å². The first kappa shape index (κ1) is 10.5. The number of hydrogen-bond donors (Lipinski definition) is 1. The maximum absolute atomic E-state index is 11.5. The van der Waals surface area contributed by atoms with Crippen molar-refractivity contribution in [1.29, 1.82) is 0 Å². The Kier molecular flexibility index (Phi) is 2.96. The van der Waals surface area contributed by atoms with E-state index in [1.807, 2.05) is 13.8 Å². The Labute approximate surface area is 79.1 Å². The number of rotatable bonds is 2. The molecule has 1 fully saturated rings. The molecule has 13 heavy (non-hydrogen) atoms. The van der Waals surface area contributed by atoms with Crippen molar-refractivity contribution in [3.63, 3.8) is 0 Å². The molecule has 0 aromatic heterocycles. The van der Waals surface area contributed by atoms with Crippen molar-refractivity contribution < 1.29 is 14.6 Å². The molecule has 1 aliphatic heterocycles. The SMILES string of the molecule is CCC[C@]1(C)C(=O)OC[C@H](C)[C@@H]1O. The van der Waals surface area contributed by atoms with Gasteiger partial charge in [0.15, 0.2) is 0 Å². The van der Waals surface area contributed by atoms with Crippen LogP contribution in [0.25, 0.3) is 0 Å². The molecule has 0 aliphatic carbocycles. The molecular weight excluding hydrogens is 168 g/mol. The molecular formula is C10H18O3. The Morgan fingerprint density at radius 2 is 2.31 bits per heavy atom. The van der Waals surface area contributed by atoms with E-state index in [2.05, 4.69) is 0 Å². The third-order valence-corrected chi connectivity index (χ3v) is 2.90. The topological polar surface area (TPSA) is 46.5 Å². The van der Waals surface area contributed by atoms with E-state index in [0.717, 1.165) is 6.42 Å². The van der Waals surface area contributed by atoms with Gasteiger partial charge in [0.1, 0.15) is 0 Å². The van der Waals surface area contributed by atoms with Crippen LogP contribution in [0.3, 0.4) is 0 Å². The van der Waals surface area contributed by atoms with Gasteiger partial charge in [0.25, 0.3) is 0 Å². The van der Waals surface area contributed by atoms with Crippen LogP contribution in [0, 0.1) is 11.3 Å². The number of esters is 1. The second-order valence-electron chi connectivity index (χ2n) is 4.19. The van der Waals surface area contributed by atoms with Gasteiger partial charge in [-0.1, -0.05) is 20.3 Å². The predicted molar refractivity (Wildman–Crippen MR) is 49.1 cm³/mol. The molecule has 3 nitrogen and oxygen atoms in total. The highest BCUT2D eigenvalue weighted by Crippen LogP contribution is 2.36. The van der Waals surface area contributed by atoms with E-state index < -0.39 is 11.5 Å². The summed E-state index contributed by atoms with van der Waals surface area (Å²) in [5.74, 6) is -0.200. The third-order valence-electron chi connectivity index (χ3n) is 2.90. The molecule has 1 aliphatic rings. The monoisotopic (exact) mass is 186 g/mol. The lowest BCUT2D eigenvalue weighted by Crippen LogP contribution is -2.50. The van der Waals surface area contributed by atoms with E-state index in [9.17, 15) is 9.90 Å². The smallest absolute Gasteiger partial charge is 0.314 e. The fourth-order valence-corrected chi connectivity index (χ4v) is 1.98. The Morgan fingerprint density at radius 3 is 2.85 bits per heavy atom. The number of cyclic esters (lactones) is 1. The zero-order chi connectivity index (χ0) is 10.1. The molecule has 76 valence electrons. The molecule has 0 amide bonds. The van der Waals surface area contributed by atoms with Gasteiger partial charge >= 0.3 is 5.97 Å². The molecule has 0 saturated carbocycles. The highest BCUT2D eigenvalue weighted by Gasteiger charge is 2.47. The van der Waals surface area contributed by atoms with E-state index in [1.165, 1.54) is 0 Å². The van der Waals surface area contributed by atoms with Gasteiger partial charge in [0.05, 0.1) is 18.1 Å². The van der Waals surface area contributed by atoms with E-state index in [0.29, 0.717) is 13.0 Å². The first-order valence-electron chi connectivity index (χ1n) is 4.87. The minimum atomic E-state index is -0.688. The molecule has 1 rings (SSSR count). The molecule has 0 radical (unpaired) electrons. The van der Waals surface area contributed by atoms with Crippen LogP contribution in [0.4, 0.5) is 0 Å². The molecule has 0 spiro atoms. The van der Waals surface area contributed by atoms with Crippen molar-refractivity contribution in [2.75, 3.05) is 6.61 Å². The van der Waals surface area contributed by atoms with Crippen LogP contribution < -0.4 is 0 Å². The summed E-state index contributed by atoms with van der Waals surface area (Å²) in [4.78, 5) is 11.5. The quantitative estimate of drug-likeness (QED) is 0.662. The van der Waals surface area contributed by atoms with Gasteiger partial charge < -0.3 is 9.84 Å². The Bertz CT molecular complexity index is 202. The molecule has 0 unspecified atom stereocenters. The van der Waals surface area contributed by atoms with Crippen molar-refractivity contribution in [3.05, 3.63) is 0 Å². The predicted octanol–water partition coefficient (Wildman–Crippen LogP) is 1.35. The van der Waals surface area contributed by atoms with Gasteiger partial charge in [-0.3, -0.25) is 4.79 Å². The summed E-state index contributed by atoms with van der Waals surface area (Å²) < 4.78 is 5.03. The maximum Gasteiger partial charge on any atom is 0.314 e. The largest absolute Gasteiger partial charge is 0.465 e. The fraction of sp³-hybridized carbons (Fsp3) is 0.900. The molecule has 3 heteroatoms. The van der Waals surface area contributed by atoms with Crippen LogP contribution in [0.1, 0.15) is 33.6 Å². The molecule has 0 bridgehead atoms. The summed E-state index contributed by atoms with van der Waals surface area (Å²) in [6.45, 7) is 6.05. The number of carbonyl (C=O) groups excluding carboxylic acids is 1. The van der Waals surface area contributed by atoms with E-state index in [1.54, 1.807) is 6.92 Å². The number of carbonyl (C=O) groups is 1. The second-order valence-corrected chi connectivity index (χ2v) is 4.19. The Balaban J connectivity index is 2.81. The minimum absolute atomic E-state index is 0.0502. The van der Waals surface area contributed by atoms with Crippen LogP contribution in [0.5, 0.6) is 0 Å². The van der Waals surface area contributed by atoms with Crippen LogP contribution in [0.15, 0.2) is 0 Å². The molecule has 1 saturated heterocycles. The highest BCUT2D eigenvalue weighted by atomic mass is 16.5. The van der Waals surface area contributed by atoms with Gasteiger partial charge in [-0.05, 0) is 13.3 Å². The average Bonchev–Trinajstić information content (AvgIpc) is 2.10. The van der Waals surface area contributed by atoms with Gasteiger partial charge in [0, 0.05) is 5.92 Å². The molecule has 0 aromatic carbocycles. The molecule has 0 aromatic rings. The number of aliphatic hydroxyl groups is 1. The highest BCUT2D eigenvalue weighted by molar-refractivity contribution is 5.78. The number of hydrogen-bond acceptors (Lipinski definition) is 3. The van der Waals surface area contributed by atoms with E-state index >= 15 is 0 Å². The lowest BCUT2D eigenvalue weighted by atomic mass is 9.74. The van der Waals surface area contributed by atoms with Crippen molar-refractivity contribution in [2.45, 2.75) is 39.7 Å². The van der Waals surface area contributed by atoms with E-state index in [-0.39, 0.29) is 11.9 Å². The standard InChI is InChI=1S/C10H18O3/c1-4-5-10(3)8(11)7(2)6-13-9(10)12/h7-8,11H,4-6H2,1-3H3/t7-,8-,10-/m0/s1. The van der Waals surface area contributed by atoms with Crippen molar-refractivity contribution in [3.8, 4) is 0 Å². The van der Waals surface area contributed by atoms with Crippen LogP contribution in [-0.2, 0) is 9.53 Å². The van der Waals surface area contributed by atoms with Crippen LogP contribution >= 0.6 is 0 Å². The lowest BCUT2D eigenvalue weighted by Gasteiger charge is -2.39. The second kappa shape index (κ2) is 3.66. The third kappa shape index (κ3) is 1.70. The van der Waals surface area contributed by atoms with Gasteiger partial charge in [-0.15, -0.1) is 0 Å². The van der Waals surface area contributed by atoms with Gasteiger partial charge in [-0.2, -0.15) is 0 Å². The maximum atomic E-state index is 11.5. The summed E-state index contributed by atoms with van der Waals surface area (Å²) in [6.07, 6.45) is 1.01. The average molecular weight is 186 g/mol. The van der Waals surface area contributed by atoms with Crippen LogP contribution in [-0.4, -0.2) is 23.8 Å². The summed E-state index contributed by atoms with van der Waals surface area (Å²) in [5, 5.41) is 9.90. The summed E-state index contributed by atoms with van der Waals surface area (Å²) in [6, 6.07) is 0. The fourth-order valence-electron chi connectivity index (χ4n) is 1.98. The number of aliphatic hydroxyl groups excluding tert-OH is 1.